The van der Waals surface area contributed by atoms with Crippen molar-refractivity contribution in [3.05, 3.63) is 11.3 Å². The highest BCUT2D eigenvalue weighted by atomic mass is 16.5. The summed E-state index contributed by atoms with van der Waals surface area (Å²) in [4.78, 5) is 12.0. The lowest BCUT2D eigenvalue weighted by Gasteiger charge is -2.08. The minimum absolute atomic E-state index is 0.00144. The standard InChI is InChI=1S/C20H36O2/c1-3-5-7-8-9-10-12-17-20(21)22-19-16-13-15-18(19)14-11-6-4-2/h3-17H2,1-2H3. The summed E-state index contributed by atoms with van der Waals surface area (Å²) in [5.41, 5.74) is 1.42. The highest BCUT2D eigenvalue weighted by molar-refractivity contribution is 5.70. The Morgan fingerprint density at radius 2 is 1.50 bits per heavy atom. The third-order valence-corrected chi connectivity index (χ3v) is 4.58. The first-order chi connectivity index (χ1) is 10.8. The van der Waals surface area contributed by atoms with E-state index in [0.717, 1.165) is 31.4 Å². The molecule has 0 radical (unpaired) electrons. The Labute approximate surface area is 137 Å². The molecule has 0 atom stereocenters. The van der Waals surface area contributed by atoms with Gasteiger partial charge in [-0.3, -0.25) is 4.79 Å². The van der Waals surface area contributed by atoms with Crippen LogP contribution in [-0.4, -0.2) is 5.97 Å². The molecule has 0 spiro atoms. The fourth-order valence-corrected chi connectivity index (χ4v) is 3.17. The van der Waals surface area contributed by atoms with Gasteiger partial charge in [0.1, 0.15) is 5.76 Å². The van der Waals surface area contributed by atoms with Gasteiger partial charge in [-0.25, -0.2) is 0 Å². The van der Waals surface area contributed by atoms with E-state index in [0.29, 0.717) is 6.42 Å². The zero-order valence-corrected chi connectivity index (χ0v) is 14.9. The van der Waals surface area contributed by atoms with Gasteiger partial charge < -0.3 is 4.74 Å². The van der Waals surface area contributed by atoms with Crippen LogP contribution < -0.4 is 0 Å². The summed E-state index contributed by atoms with van der Waals surface area (Å²) in [6, 6.07) is 0. The molecule has 2 heteroatoms. The van der Waals surface area contributed by atoms with Crippen molar-refractivity contribution in [3.63, 3.8) is 0 Å². The highest BCUT2D eigenvalue weighted by Crippen LogP contribution is 2.31. The molecule has 0 aliphatic heterocycles. The molecule has 0 N–H and O–H groups in total. The summed E-state index contributed by atoms with van der Waals surface area (Å²) >= 11 is 0. The van der Waals surface area contributed by atoms with Crippen LogP contribution in [0, 0.1) is 0 Å². The van der Waals surface area contributed by atoms with Gasteiger partial charge in [0, 0.05) is 12.8 Å². The number of ether oxygens (including phenoxy) is 1. The van der Waals surface area contributed by atoms with Crippen molar-refractivity contribution in [3.8, 4) is 0 Å². The maximum atomic E-state index is 12.0. The molecule has 0 aromatic carbocycles. The SMILES string of the molecule is CCCCCCCCCC(=O)OC1=C(CCCCC)CCC1. The molecule has 0 amide bonds. The summed E-state index contributed by atoms with van der Waals surface area (Å²) < 4.78 is 5.64. The molecule has 0 saturated carbocycles. The van der Waals surface area contributed by atoms with Crippen molar-refractivity contribution in [2.75, 3.05) is 0 Å². The van der Waals surface area contributed by atoms with Crippen LogP contribution >= 0.6 is 0 Å². The van der Waals surface area contributed by atoms with Gasteiger partial charge in [0.15, 0.2) is 0 Å². The lowest BCUT2D eigenvalue weighted by atomic mass is 10.1. The summed E-state index contributed by atoms with van der Waals surface area (Å²) in [5.74, 6) is 1.02. The predicted octanol–water partition coefficient (Wildman–Crippen LogP) is 6.69. The fraction of sp³-hybridized carbons (Fsp3) is 0.850. The second-order valence-corrected chi connectivity index (χ2v) is 6.68. The van der Waals surface area contributed by atoms with Gasteiger partial charge in [0.25, 0.3) is 0 Å². The maximum absolute atomic E-state index is 12.0. The first-order valence-corrected chi connectivity index (χ1v) is 9.69. The second-order valence-electron chi connectivity index (χ2n) is 6.68. The largest absolute Gasteiger partial charge is 0.431 e. The molecule has 0 saturated heterocycles. The number of carbonyl (C=O) groups is 1. The minimum Gasteiger partial charge on any atom is -0.431 e. The lowest BCUT2D eigenvalue weighted by molar-refractivity contribution is -0.139. The van der Waals surface area contributed by atoms with E-state index in [-0.39, 0.29) is 5.97 Å². The van der Waals surface area contributed by atoms with Crippen LogP contribution in [-0.2, 0) is 9.53 Å². The third kappa shape index (κ3) is 8.60. The molecular weight excluding hydrogens is 272 g/mol. The molecule has 0 heterocycles. The Balaban J connectivity index is 2.13. The maximum Gasteiger partial charge on any atom is 0.310 e. The van der Waals surface area contributed by atoms with E-state index in [1.165, 1.54) is 69.8 Å². The number of carbonyl (C=O) groups excluding carboxylic acids is 1. The van der Waals surface area contributed by atoms with E-state index in [4.69, 9.17) is 4.74 Å². The molecule has 22 heavy (non-hydrogen) atoms. The lowest BCUT2D eigenvalue weighted by Crippen LogP contribution is -2.04. The van der Waals surface area contributed by atoms with Crippen LogP contribution in [0.2, 0.25) is 0 Å². The molecule has 0 unspecified atom stereocenters. The summed E-state index contributed by atoms with van der Waals surface area (Å²) in [6.45, 7) is 4.47. The molecule has 1 rings (SSSR count). The van der Waals surface area contributed by atoms with Gasteiger partial charge in [-0.1, -0.05) is 65.2 Å². The zero-order chi connectivity index (χ0) is 16.0. The van der Waals surface area contributed by atoms with Crippen LogP contribution in [0.15, 0.2) is 11.3 Å². The average molecular weight is 309 g/mol. The Kier molecular flexibility index (Phi) is 11.1. The summed E-state index contributed by atoms with van der Waals surface area (Å²) in [6.07, 6.45) is 17.5. The molecule has 2 nitrogen and oxygen atoms in total. The van der Waals surface area contributed by atoms with E-state index >= 15 is 0 Å². The second kappa shape index (κ2) is 12.7. The Morgan fingerprint density at radius 3 is 2.23 bits per heavy atom. The van der Waals surface area contributed by atoms with Gasteiger partial charge in [-0.05, 0) is 37.7 Å². The van der Waals surface area contributed by atoms with Crippen molar-refractivity contribution in [1.82, 2.24) is 0 Å². The average Bonchev–Trinajstić information content (AvgIpc) is 2.94. The normalized spacial score (nSPS) is 14.6. The first-order valence-electron chi connectivity index (χ1n) is 9.69. The van der Waals surface area contributed by atoms with E-state index in [9.17, 15) is 4.79 Å². The molecule has 0 bridgehead atoms. The summed E-state index contributed by atoms with van der Waals surface area (Å²) in [5, 5.41) is 0. The molecule has 1 aliphatic carbocycles. The number of rotatable bonds is 13. The zero-order valence-electron chi connectivity index (χ0n) is 14.9. The van der Waals surface area contributed by atoms with Crippen LogP contribution in [0.4, 0.5) is 0 Å². The number of esters is 1. The molecule has 1 aliphatic rings. The van der Waals surface area contributed by atoms with Crippen LogP contribution in [0.3, 0.4) is 0 Å². The number of hydrogen-bond donors (Lipinski definition) is 0. The van der Waals surface area contributed by atoms with Gasteiger partial charge >= 0.3 is 5.97 Å². The topological polar surface area (TPSA) is 26.3 Å². The van der Waals surface area contributed by atoms with Gasteiger partial charge in [-0.2, -0.15) is 0 Å². The van der Waals surface area contributed by atoms with Crippen LogP contribution in [0.5, 0.6) is 0 Å². The van der Waals surface area contributed by atoms with Crippen molar-refractivity contribution in [2.45, 2.75) is 110 Å². The van der Waals surface area contributed by atoms with Crippen molar-refractivity contribution in [2.24, 2.45) is 0 Å². The van der Waals surface area contributed by atoms with E-state index in [1.54, 1.807) is 0 Å². The highest BCUT2D eigenvalue weighted by Gasteiger charge is 2.18. The fourth-order valence-electron chi connectivity index (χ4n) is 3.17. The number of hydrogen-bond acceptors (Lipinski definition) is 2. The quantitative estimate of drug-likeness (QED) is 0.280. The van der Waals surface area contributed by atoms with Crippen LogP contribution in [0.25, 0.3) is 0 Å². The van der Waals surface area contributed by atoms with E-state index in [1.807, 2.05) is 0 Å². The minimum atomic E-state index is -0.00144. The number of unbranched alkanes of at least 4 members (excludes halogenated alkanes) is 8. The Hall–Kier alpha value is -0.790. The molecular formula is C20H36O2. The molecule has 128 valence electrons. The first kappa shape index (κ1) is 19.3. The van der Waals surface area contributed by atoms with Crippen molar-refractivity contribution < 1.29 is 9.53 Å². The van der Waals surface area contributed by atoms with E-state index in [2.05, 4.69) is 13.8 Å². The van der Waals surface area contributed by atoms with Gasteiger partial charge in [0.2, 0.25) is 0 Å². The Morgan fingerprint density at radius 1 is 0.864 bits per heavy atom. The number of allylic oxidation sites excluding steroid dienone is 2. The Bertz CT molecular complexity index is 331. The predicted molar refractivity (Wildman–Crippen MR) is 93.7 cm³/mol. The van der Waals surface area contributed by atoms with Crippen molar-refractivity contribution in [1.29, 1.82) is 0 Å². The van der Waals surface area contributed by atoms with Crippen LogP contribution in [0.1, 0.15) is 110 Å². The molecule has 0 aromatic rings. The summed E-state index contributed by atoms with van der Waals surface area (Å²) in [7, 11) is 0. The monoisotopic (exact) mass is 308 g/mol. The smallest absolute Gasteiger partial charge is 0.310 e. The third-order valence-electron chi connectivity index (χ3n) is 4.58. The van der Waals surface area contributed by atoms with Gasteiger partial charge in [-0.15, -0.1) is 0 Å². The van der Waals surface area contributed by atoms with Crippen molar-refractivity contribution >= 4 is 5.97 Å². The molecule has 0 aromatic heterocycles. The van der Waals surface area contributed by atoms with Gasteiger partial charge in [0.05, 0.1) is 0 Å². The molecule has 0 fully saturated rings. The van der Waals surface area contributed by atoms with E-state index < -0.39 is 0 Å².